The highest BCUT2D eigenvalue weighted by Gasteiger charge is 2.49. The second kappa shape index (κ2) is 10.4. The van der Waals surface area contributed by atoms with Gasteiger partial charge in [-0.05, 0) is 62.6 Å². The first-order valence-electron chi connectivity index (χ1n) is 13.4. The molecule has 1 aromatic carbocycles. The number of hydrogen-bond acceptors (Lipinski definition) is 9. The number of piperidine rings is 1. The number of ether oxygens (including phenoxy) is 2. The van der Waals surface area contributed by atoms with E-state index in [1.54, 1.807) is 29.0 Å². The highest BCUT2D eigenvalue weighted by molar-refractivity contribution is 5.86. The zero-order valence-electron chi connectivity index (χ0n) is 21.3. The molecule has 0 unspecified atom stereocenters. The van der Waals surface area contributed by atoms with E-state index in [0.29, 0.717) is 35.8 Å². The van der Waals surface area contributed by atoms with Crippen LogP contribution in [-0.4, -0.2) is 97.7 Å². The van der Waals surface area contributed by atoms with Crippen molar-refractivity contribution in [1.29, 1.82) is 0 Å². The van der Waals surface area contributed by atoms with Crippen LogP contribution in [0.5, 0.6) is 5.75 Å². The van der Waals surface area contributed by atoms with Crippen molar-refractivity contribution in [3.05, 3.63) is 48.7 Å². The van der Waals surface area contributed by atoms with Gasteiger partial charge in [0, 0.05) is 37.9 Å². The van der Waals surface area contributed by atoms with E-state index < -0.39 is 24.5 Å². The molecule has 6 rings (SSSR count). The zero-order valence-corrected chi connectivity index (χ0v) is 21.3. The van der Waals surface area contributed by atoms with E-state index in [1.165, 1.54) is 18.5 Å². The molecule has 4 N–H and O–H groups in total. The Balaban J connectivity index is 1.05. The van der Waals surface area contributed by atoms with E-state index in [2.05, 4.69) is 19.8 Å². The van der Waals surface area contributed by atoms with Crippen LogP contribution < -0.4 is 10.5 Å². The Morgan fingerprint density at radius 1 is 1.05 bits per heavy atom. The van der Waals surface area contributed by atoms with Gasteiger partial charge in [-0.1, -0.05) is 0 Å². The lowest BCUT2D eigenvalue weighted by atomic mass is 9.84. The van der Waals surface area contributed by atoms with Crippen LogP contribution in [-0.2, 0) is 4.74 Å². The predicted octanol–water partition coefficient (Wildman–Crippen LogP) is 1.78. The number of hydrogen-bond donors (Lipinski definition) is 3. The zero-order chi connectivity index (χ0) is 26.3. The maximum atomic E-state index is 13.1. The van der Waals surface area contributed by atoms with Crippen LogP contribution in [0.15, 0.2) is 42.9 Å². The minimum absolute atomic E-state index is 0.0856. The van der Waals surface area contributed by atoms with Crippen molar-refractivity contribution >= 4 is 16.9 Å². The van der Waals surface area contributed by atoms with Crippen LogP contribution in [0.3, 0.4) is 0 Å². The Kier molecular flexibility index (Phi) is 6.95. The largest absolute Gasteiger partial charge is 0.492 e. The monoisotopic (exact) mass is 526 g/mol. The number of aliphatic hydroxyl groups excluding tert-OH is 2. The fourth-order valence-corrected chi connectivity index (χ4v) is 6.38. The third kappa shape index (κ3) is 4.73. The third-order valence-electron chi connectivity index (χ3n) is 8.57. The van der Waals surface area contributed by atoms with E-state index in [0.717, 1.165) is 51.9 Å². The van der Waals surface area contributed by atoms with Crippen LogP contribution in [0.4, 0.5) is 10.2 Å². The standard InChI is InChI=1S/C27H35FN6O4/c28-18-2-4-19(5-3-18)37-15-14-32-12-8-27(9-13-32)7-1-10-33(27)16-21-22(35)23(36)26(38-21)34-11-6-20-24(29)30-17-31-25(20)34/h2-6,11,17,21-23,26,35-36H,1,7-10,12-16H2,(H2,29,30,31)/t21-,22-,23-,26-/m1/s1. The summed E-state index contributed by atoms with van der Waals surface area (Å²) in [5, 5.41) is 22.5. The first-order chi connectivity index (χ1) is 18.4. The lowest BCUT2D eigenvalue weighted by Crippen LogP contribution is -2.55. The topological polar surface area (TPSA) is 122 Å². The van der Waals surface area contributed by atoms with Gasteiger partial charge in [-0.2, -0.15) is 0 Å². The SMILES string of the molecule is Nc1ncnc2c1ccn2[C@@H]1O[C@H](CN2CCCC23CCN(CCOc2ccc(F)cc2)CC3)[C@@H](O)[C@H]1O. The molecule has 0 radical (unpaired) electrons. The van der Waals surface area contributed by atoms with Crippen LogP contribution in [0, 0.1) is 5.82 Å². The number of halogens is 1. The average molecular weight is 527 g/mol. The number of benzene rings is 1. The highest BCUT2D eigenvalue weighted by atomic mass is 19.1. The summed E-state index contributed by atoms with van der Waals surface area (Å²) in [7, 11) is 0. The number of likely N-dealkylation sites (tertiary alicyclic amines) is 2. The Morgan fingerprint density at radius 3 is 2.63 bits per heavy atom. The number of fused-ring (bicyclic) bond motifs is 1. The maximum absolute atomic E-state index is 13.1. The average Bonchev–Trinajstić information content (AvgIpc) is 3.60. The first kappa shape index (κ1) is 25.4. The molecule has 0 aliphatic carbocycles. The molecule has 3 aliphatic rings. The summed E-state index contributed by atoms with van der Waals surface area (Å²) in [6, 6.07) is 7.92. The van der Waals surface area contributed by atoms with E-state index in [1.807, 2.05) is 0 Å². The van der Waals surface area contributed by atoms with Gasteiger partial charge in [0.15, 0.2) is 6.23 Å². The minimum Gasteiger partial charge on any atom is -0.492 e. The molecule has 10 nitrogen and oxygen atoms in total. The first-order valence-corrected chi connectivity index (χ1v) is 13.4. The van der Waals surface area contributed by atoms with Gasteiger partial charge in [0.05, 0.1) is 5.39 Å². The second-order valence-electron chi connectivity index (χ2n) is 10.7. The fourth-order valence-electron chi connectivity index (χ4n) is 6.38. The molecule has 0 amide bonds. The van der Waals surface area contributed by atoms with Gasteiger partial charge in [-0.3, -0.25) is 9.80 Å². The van der Waals surface area contributed by atoms with Crippen molar-refractivity contribution in [2.75, 3.05) is 45.1 Å². The van der Waals surface area contributed by atoms with Gasteiger partial charge >= 0.3 is 0 Å². The number of nitrogens with zero attached hydrogens (tertiary/aromatic N) is 5. The number of nitrogens with two attached hydrogens (primary N) is 1. The molecule has 4 atom stereocenters. The Hall–Kier alpha value is -2.83. The summed E-state index contributed by atoms with van der Waals surface area (Å²) < 4.78 is 26.9. The van der Waals surface area contributed by atoms with Crippen molar-refractivity contribution in [2.45, 2.75) is 55.8 Å². The molecule has 3 saturated heterocycles. The lowest BCUT2D eigenvalue weighted by molar-refractivity contribution is -0.0578. The minimum atomic E-state index is -1.08. The molecule has 1 spiro atoms. The number of anilines is 1. The maximum Gasteiger partial charge on any atom is 0.164 e. The molecule has 3 aliphatic heterocycles. The summed E-state index contributed by atoms with van der Waals surface area (Å²) in [6.45, 7) is 4.85. The summed E-state index contributed by atoms with van der Waals surface area (Å²) in [6.07, 6.45) is 4.14. The Bertz CT molecular complexity index is 1250. The van der Waals surface area contributed by atoms with Crippen molar-refractivity contribution < 1.29 is 24.1 Å². The molecule has 0 bridgehead atoms. The van der Waals surface area contributed by atoms with Gasteiger partial charge in [0.25, 0.3) is 0 Å². The predicted molar refractivity (Wildman–Crippen MR) is 139 cm³/mol. The van der Waals surface area contributed by atoms with E-state index in [-0.39, 0.29) is 11.4 Å². The normalized spacial score (nSPS) is 28.0. The summed E-state index contributed by atoms with van der Waals surface area (Å²) in [5.74, 6) is 0.783. The molecule has 38 heavy (non-hydrogen) atoms. The quantitative estimate of drug-likeness (QED) is 0.423. The molecule has 3 fully saturated rings. The Morgan fingerprint density at radius 2 is 1.84 bits per heavy atom. The third-order valence-corrected chi connectivity index (χ3v) is 8.57. The number of aliphatic hydroxyl groups is 2. The molecule has 0 saturated carbocycles. The van der Waals surface area contributed by atoms with Gasteiger partial charge in [0.2, 0.25) is 0 Å². The molecule has 2 aromatic heterocycles. The lowest BCUT2D eigenvalue weighted by Gasteiger charge is -2.46. The van der Waals surface area contributed by atoms with Gasteiger partial charge in [-0.15, -0.1) is 0 Å². The summed E-state index contributed by atoms with van der Waals surface area (Å²) in [5.41, 5.74) is 6.62. The summed E-state index contributed by atoms with van der Waals surface area (Å²) in [4.78, 5) is 13.2. The molecule has 3 aromatic rings. The molecular weight excluding hydrogens is 491 g/mol. The molecule has 204 valence electrons. The summed E-state index contributed by atoms with van der Waals surface area (Å²) >= 11 is 0. The molecular formula is C27H35FN6O4. The van der Waals surface area contributed by atoms with Crippen molar-refractivity contribution in [1.82, 2.24) is 24.3 Å². The van der Waals surface area contributed by atoms with Gasteiger partial charge in [-0.25, -0.2) is 14.4 Å². The van der Waals surface area contributed by atoms with Crippen molar-refractivity contribution in [2.24, 2.45) is 0 Å². The van der Waals surface area contributed by atoms with Gasteiger partial charge in [0.1, 0.15) is 54.3 Å². The second-order valence-corrected chi connectivity index (χ2v) is 10.7. The van der Waals surface area contributed by atoms with Gasteiger partial charge < -0.3 is 30.0 Å². The number of rotatable bonds is 7. The highest BCUT2D eigenvalue weighted by Crippen LogP contribution is 2.40. The van der Waals surface area contributed by atoms with Crippen molar-refractivity contribution in [3.63, 3.8) is 0 Å². The Labute approximate surface area is 220 Å². The van der Waals surface area contributed by atoms with Crippen LogP contribution >= 0.6 is 0 Å². The number of nitrogen functional groups attached to an aromatic ring is 1. The van der Waals surface area contributed by atoms with E-state index in [4.69, 9.17) is 15.2 Å². The van der Waals surface area contributed by atoms with E-state index >= 15 is 0 Å². The number of aromatic nitrogens is 3. The molecule has 11 heteroatoms. The van der Waals surface area contributed by atoms with Crippen molar-refractivity contribution in [3.8, 4) is 5.75 Å². The van der Waals surface area contributed by atoms with E-state index in [9.17, 15) is 14.6 Å². The fraction of sp³-hybridized carbons (Fsp3) is 0.556. The van der Waals surface area contributed by atoms with Crippen LogP contribution in [0.2, 0.25) is 0 Å². The van der Waals surface area contributed by atoms with Crippen LogP contribution in [0.1, 0.15) is 31.9 Å². The van der Waals surface area contributed by atoms with Crippen LogP contribution in [0.25, 0.3) is 11.0 Å². The smallest absolute Gasteiger partial charge is 0.164 e. The molecule has 5 heterocycles.